The van der Waals surface area contributed by atoms with Crippen molar-refractivity contribution >= 4 is 40.9 Å². The highest BCUT2D eigenvalue weighted by molar-refractivity contribution is 7.80. The van der Waals surface area contributed by atoms with E-state index in [0.29, 0.717) is 29.5 Å². The molecule has 2 N–H and O–H groups in total. The first-order valence-electron chi connectivity index (χ1n) is 8.03. The number of phenols is 1. The van der Waals surface area contributed by atoms with Crippen LogP contribution in [-0.4, -0.2) is 27.6 Å². The van der Waals surface area contributed by atoms with Crippen molar-refractivity contribution in [3.63, 3.8) is 0 Å². The van der Waals surface area contributed by atoms with E-state index in [1.807, 2.05) is 30.3 Å². The summed E-state index contributed by atoms with van der Waals surface area (Å²) in [4.78, 5) is 14.2. The summed E-state index contributed by atoms with van der Waals surface area (Å²) in [6, 6.07) is 12.8. The predicted octanol–water partition coefficient (Wildman–Crippen LogP) is 3.70. The minimum absolute atomic E-state index is 0.123. The van der Waals surface area contributed by atoms with Gasteiger partial charge in [0.2, 0.25) is 0 Å². The number of amides is 1. The first-order valence-corrected chi connectivity index (χ1v) is 8.82. The summed E-state index contributed by atoms with van der Waals surface area (Å²) < 4.78 is 5.37. The van der Waals surface area contributed by atoms with Gasteiger partial charge in [-0.25, -0.2) is 0 Å². The zero-order valence-electron chi connectivity index (χ0n) is 14.0. The van der Waals surface area contributed by atoms with Crippen molar-refractivity contribution in [2.75, 3.05) is 6.61 Å². The Bertz CT molecular complexity index is 884. The van der Waals surface area contributed by atoms with Gasteiger partial charge < -0.3 is 15.2 Å². The van der Waals surface area contributed by atoms with Crippen LogP contribution in [-0.2, 0) is 11.3 Å². The molecule has 7 heteroatoms. The van der Waals surface area contributed by atoms with Gasteiger partial charge in [0, 0.05) is 0 Å². The number of thiocarbonyl (C=S) groups is 1. The van der Waals surface area contributed by atoms with E-state index in [4.69, 9.17) is 28.6 Å². The Kier molecular flexibility index (Phi) is 5.44. The molecule has 134 valence electrons. The highest BCUT2D eigenvalue weighted by Gasteiger charge is 2.30. The van der Waals surface area contributed by atoms with Gasteiger partial charge in [-0.05, 0) is 48.5 Å². The quantitative estimate of drug-likeness (QED) is 0.604. The number of nitrogens with one attached hydrogen (secondary N) is 1. The van der Waals surface area contributed by atoms with Gasteiger partial charge in [-0.1, -0.05) is 41.9 Å². The second kappa shape index (κ2) is 7.76. The maximum Gasteiger partial charge on any atom is 0.276 e. The molecular weight excluding hydrogens is 372 g/mol. The van der Waals surface area contributed by atoms with Crippen LogP contribution < -0.4 is 10.1 Å². The zero-order valence-corrected chi connectivity index (χ0v) is 15.6. The molecule has 26 heavy (non-hydrogen) atoms. The van der Waals surface area contributed by atoms with Gasteiger partial charge in [-0.3, -0.25) is 9.69 Å². The fourth-order valence-electron chi connectivity index (χ4n) is 2.59. The number of carbonyl (C=O) groups is 1. The van der Waals surface area contributed by atoms with Crippen molar-refractivity contribution in [2.45, 2.75) is 13.5 Å². The van der Waals surface area contributed by atoms with Crippen LogP contribution in [0.2, 0.25) is 5.02 Å². The van der Waals surface area contributed by atoms with E-state index < -0.39 is 0 Å². The van der Waals surface area contributed by atoms with E-state index in [1.165, 1.54) is 4.90 Å². The lowest BCUT2D eigenvalue weighted by molar-refractivity contribution is -0.122. The number of hydrogen-bond donors (Lipinski definition) is 2. The molecule has 1 amide bonds. The number of benzene rings is 2. The lowest BCUT2D eigenvalue weighted by atomic mass is 10.1. The van der Waals surface area contributed by atoms with Crippen molar-refractivity contribution in [3.05, 3.63) is 64.3 Å². The minimum Gasteiger partial charge on any atom is -0.503 e. The summed E-state index contributed by atoms with van der Waals surface area (Å²) in [5.74, 6) is -0.0791. The van der Waals surface area contributed by atoms with E-state index in [2.05, 4.69) is 5.32 Å². The topological polar surface area (TPSA) is 61.8 Å². The van der Waals surface area contributed by atoms with Crippen molar-refractivity contribution in [1.29, 1.82) is 0 Å². The smallest absolute Gasteiger partial charge is 0.276 e. The van der Waals surface area contributed by atoms with Gasteiger partial charge in [0.25, 0.3) is 5.91 Å². The molecule has 0 bridgehead atoms. The third kappa shape index (κ3) is 3.81. The number of rotatable bonds is 5. The normalized spacial score (nSPS) is 15.5. The van der Waals surface area contributed by atoms with Crippen LogP contribution in [0.25, 0.3) is 6.08 Å². The Morgan fingerprint density at radius 2 is 2.04 bits per heavy atom. The molecule has 0 spiro atoms. The zero-order chi connectivity index (χ0) is 18.7. The van der Waals surface area contributed by atoms with Crippen LogP contribution in [0, 0.1) is 0 Å². The molecule has 0 aromatic heterocycles. The number of phenolic OH excluding ortho intramolecular Hbond substituents is 1. The Balaban J connectivity index is 1.86. The molecule has 0 atom stereocenters. The molecule has 5 nitrogen and oxygen atoms in total. The van der Waals surface area contributed by atoms with Gasteiger partial charge in [-0.2, -0.15) is 0 Å². The van der Waals surface area contributed by atoms with Gasteiger partial charge in [0.15, 0.2) is 16.6 Å². The van der Waals surface area contributed by atoms with Gasteiger partial charge >= 0.3 is 0 Å². The Hall–Kier alpha value is -2.57. The van der Waals surface area contributed by atoms with E-state index >= 15 is 0 Å². The minimum atomic E-state index is -0.221. The van der Waals surface area contributed by atoms with Gasteiger partial charge in [0.05, 0.1) is 18.2 Å². The first-order chi connectivity index (χ1) is 12.5. The van der Waals surface area contributed by atoms with E-state index in [0.717, 1.165) is 5.56 Å². The van der Waals surface area contributed by atoms with Crippen molar-refractivity contribution in [2.24, 2.45) is 0 Å². The van der Waals surface area contributed by atoms with Crippen molar-refractivity contribution in [1.82, 2.24) is 10.2 Å². The summed E-state index contributed by atoms with van der Waals surface area (Å²) in [6.45, 7) is 2.58. The number of aromatic hydroxyl groups is 1. The predicted molar refractivity (Wildman–Crippen MR) is 105 cm³/mol. The highest BCUT2D eigenvalue weighted by Crippen LogP contribution is 2.36. The number of carbonyl (C=O) groups excluding carboxylic acids is 1. The number of nitrogens with zero attached hydrogens (tertiary/aromatic N) is 1. The van der Waals surface area contributed by atoms with Crippen molar-refractivity contribution < 1.29 is 14.6 Å². The molecule has 2 aromatic rings. The Morgan fingerprint density at radius 1 is 1.31 bits per heavy atom. The van der Waals surface area contributed by atoms with Gasteiger partial charge in [0.1, 0.15) is 5.70 Å². The molecule has 1 heterocycles. The molecule has 0 saturated carbocycles. The van der Waals surface area contributed by atoms with E-state index in [9.17, 15) is 9.90 Å². The Morgan fingerprint density at radius 3 is 2.73 bits per heavy atom. The van der Waals surface area contributed by atoms with Crippen LogP contribution in [0.15, 0.2) is 48.2 Å². The van der Waals surface area contributed by atoms with Gasteiger partial charge in [-0.15, -0.1) is 0 Å². The summed E-state index contributed by atoms with van der Waals surface area (Å²) in [6.07, 6.45) is 1.63. The molecular formula is C19H17ClN2O3S. The monoisotopic (exact) mass is 388 g/mol. The van der Waals surface area contributed by atoms with Crippen LogP contribution in [0.4, 0.5) is 0 Å². The molecule has 1 saturated heterocycles. The van der Waals surface area contributed by atoms with Crippen molar-refractivity contribution in [3.8, 4) is 11.5 Å². The molecule has 1 aliphatic rings. The summed E-state index contributed by atoms with van der Waals surface area (Å²) in [5, 5.41) is 13.4. The van der Waals surface area contributed by atoms with Crippen LogP contribution in [0.3, 0.4) is 0 Å². The van der Waals surface area contributed by atoms with Crippen LogP contribution >= 0.6 is 23.8 Å². The first kappa shape index (κ1) is 18.2. The number of hydrogen-bond acceptors (Lipinski definition) is 4. The van der Waals surface area contributed by atoms with E-state index in [1.54, 1.807) is 25.1 Å². The molecule has 3 rings (SSSR count). The molecule has 0 aliphatic carbocycles. The van der Waals surface area contributed by atoms with E-state index in [-0.39, 0.29) is 22.4 Å². The second-order valence-electron chi connectivity index (χ2n) is 5.65. The summed E-state index contributed by atoms with van der Waals surface area (Å²) >= 11 is 11.3. The maximum absolute atomic E-state index is 12.7. The molecule has 0 unspecified atom stereocenters. The molecule has 1 fully saturated rings. The van der Waals surface area contributed by atoms with Crippen LogP contribution in [0.5, 0.6) is 11.5 Å². The maximum atomic E-state index is 12.7. The lowest BCUT2D eigenvalue weighted by Crippen LogP contribution is -2.29. The third-order valence-electron chi connectivity index (χ3n) is 3.81. The fraction of sp³-hybridized carbons (Fsp3) is 0.158. The Labute approximate surface area is 161 Å². The second-order valence-corrected chi connectivity index (χ2v) is 6.44. The summed E-state index contributed by atoms with van der Waals surface area (Å²) in [7, 11) is 0. The lowest BCUT2D eigenvalue weighted by Gasteiger charge is -2.13. The highest BCUT2D eigenvalue weighted by atomic mass is 35.5. The standard InChI is InChI=1S/C19H17ClN2O3S/c1-2-25-16-10-13(8-14(20)17(16)23)9-15-18(24)22(19(26)21-15)11-12-6-4-3-5-7-12/h3-10,23H,2,11H2,1H3,(H,21,26)/b15-9+. The fourth-order valence-corrected chi connectivity index (χ4v) is 3.07. The molecule has 2 aromatic carbocycles. The third-order valence-corrected chi connectivity index (χ3v) is 4.42. The molecule has 1 aliphatic heterocycles. The largest absolute Gasteiger partial charge is 0.503 e. The number of halogens is 1. The SMILES string of the molecule is CCOc1cc(/C=C2/NC(=S)N(Cc3ccccc3)C2=O)cc(Cl)c1O. The average molecular weight is 389 g/mol. The summed E-state index contributed by atoms with van der Waals surface area (Å²) in [5.41, 5.74) is 1.95. The van der Waals surface area contributed by atoms with Crippen LogP contribution in [0.1, 0.15) is 18.1 Å². The molecule has 0 radical (unpaired) electrons. The average Bonchev–Trinajstić information content (AvgIpc) is 2.88. The number of ether oxygens (including phenoxy) is 1.